The van der Waals surface area contributed by atoms with Crippen molar-refractivity contribution in [3.8, 4) is 0 Å². The Labute approximate surface area is 152 Å². The molecule has 0 saturated carbocycles. The molecule has 0 spiro atoms. The van der Waals surface area contributed by atoms with Gasteiger partial charge in [-0.25, -0.2) is 8.42 Å². The predicted octanol–water partition coefficient (Wildman–Crippen LogP) is 0.347. The number of carbonyl (C=O) groups excluding carboxylic acids is 2. The smallest absolute Gasteiger partial charge is 0.277 e. The van der Waals surface area contributed by atoms with Gasteiger partial charge in [-0.1, -0.05) is 0 Å². The van der Waals surface area contributed by atoms with Crippen molar-refractivity contribution >= 4 is 33.0 Å². The van der Waals surface area contributed by atoms with E-state index in [4.69, 9.17) is 5.11 Å². The second kappa shape index (κ2) is 7.08. The van der Waals surface area contributed by atoms with Gasteiger partial charge in [0.25, 0.3) is 11.8 Å². The van der Waals surface area contributed by atoms with Crippen LogP contribution in [-0.2, 0) is 19.4 Å². The van der Waals surface area contributed by atoms with Crippen LogP contribution in [0.15, 0.2) is 34.9 Å². The van der Waals surface area contributed by atoms with Crippen LogP contribution in [0.3, 0.4) is 0 Å². The molecule has 9 heteroatoms. The first kappa shape index (κ1) is 18.4. The molecule has 1 saturated heterocycles. The molecule has 26 heavy (non-hydrogen) atoms. The van der Waals surface area contributed by atoms with Crippen molar-refractivity contribution in [2.75, 3.05) is 42.7 Å². The summed E-state index contributed by atoms with van der Waals surface area (Å²) in [7, 11) is -3.39. The standard InChI is InChI=1S/C17H21N3O5S/c1-26(24,25)15-5-4-12(10-14(15)19-6-2-3-7-19)18-13-11-16(22)20(8-9-21)17(13)23/h4-5,10-11,18,21H,2-3,6-9H2,1H3. The average molecular weight is 379 g/mol. The maximum atomic E-state index is 12.2. The van der Waals surface area contributed by atoms with Crippen LogP contribution in [0.4, 0.5) is 11.4 Å². The van der Waals surface area contributed by atoms with Crippen molar-refractivity contribution in [1.82, 2.24) is 4.90 Å². The number of nitrogens with zero attached hydrogens (tertiary/aromatic N) is 2. The first-order valence-corrected chi connectivity index (χ1v) is 10.2. The summed E-state index contributed by atoms with van der Waals surface area (Å²) < 4.78 is 24.2. The van der Waals surface area contributed by atoms with Crippen molar-refractivity contribution in [3.63, 3.8) is 0 Å². The average Bonchev–Trinajstić information content (AvgIpc) is 3.19. The number of amides is 2. The Morgan fingerprint density at radius 1 is 1.19 bits per heavy atom. The van der Waals surface area contributed by atoms with E-state index in [0.29, 0.717) is 11.4 Å². The summed E-state index contributed by atoms with van der Waals surface area (Å²) in [6.45, 7) is 1.18. The number of benzene rings is 1. The number of hydrogen-bond acceptors (Lipinski definition) is 7. The molecule has 0 bridgehead atoms. The minimum absolute atomic E-state index is 0.0641. The normalized spacial score (nSPS) is 17.8. The highest BCUT2D eigenvalue weighted by molar-refractivity contribution is 7.90. The number of β-amino-alcohol motifs (C(OH)–C–C–N with tert-alkyl or cyclic N) is 1. The fourth-order valence-corrected chi connectivity index (χ4v) is 4.06. The molecular weight excluding hydrogens is 358 g/mol. The summed E-state index contributed by atoms with van der Waals surface area (Å²) in [5, 5.41) is 11.8. The molecule has 3 rings (SSSR count). The zero-order valence-corrected chi connectivity index (χ0v) is 15.3. The molecule has 1 aromatic carbocycles. The van der Waals surface area contributed by atoms with E-state index in [1.807, 2.05) is 4.90 Å². The van der Waals surface area contributed by atoms with E-state index in [9.17, 15) is 18.0 Å². The van der Waals surface area contributed by atoms with Gasteiger partial charge in [0.15, 0.2) is 9.84 Å². The number of anilines is 2. The summed E-state index contributed by atoms with van der Waals surface area (Å²) in [4.78, 5) is 27.3. The van der Waals surface area contributed by atoms with Crippen molar-refractivity contribution in [2.24, 2.45) is 0 Å². The summed E-state index contributed by atoms with van der Waals surface area (Å²) >= 11 is 0. The highest BCUT2D eigenvalue weighted by Crippen LogP contribution is 2.32. The van der Waals surface area contributed by atoms with Gasteiger partial charge in [-0.2, -0.15) is 0 Å². The molecule has 8 nitrogen and oxygen atoms in total. The lowest BCUT2D eigenvalue weighted by Crippen LogP contribution is -2.34. The van der Waals surface area contributed by atoms with Crippen molar-refractivity contribution in [2.45, 2.75) is 17.7 Å². The SMILES string of the molecule is CS(=O)(=O)c1ccc(NC2=CC(=O)N(CCO)C2=O)cc1N1CCCC1. The van der Waals surface area contributed by atoms with Crippen molar-refractivity contribution in [1.29, 1.82) is 0 Å². The Morgan fingerprint density at radius 2 is 1.88 bits per heavy atom. The quantitative estimate of drug-likeness (QED) is 0.687. The second-order valence-corrected chi connectivity index (χ2v) is 8.33. The third-order valence-electron chi connectivity index (χ3n) is 4.42. The fourth-order valence-electron chi connectivity index (χ4n) is 3.18. The van der Waals surface area contributed by atoms with Crippen LogP contribution in [0.25, 0.3) is 0 Å². The van der Waals surface area contributed by atoms with Gasteiger partial charge in [-0.3, -0.25) is 14.5 Å². The molecule has 0 radical (unpaired) electrons. The summed E-state index contributed by atoms with van der Waals surface area (Å²) in [5.41, 5.74) is 1.22. The number of aliphatic hydroxyl groups excluding tert-OH is 1. The van der Waals surface area contributed by atoms with Crippen LogP contribution < -0.4 is 10.2 Å². The molecule has 2 N–H and O–H groups in total. The third kappa shape index (κ3) is 3.58. The highest BCUT2D eigenvalue weighted by atomic mass is 32.2. The number of hydrogen-bond donors (Lipinski definition) is 2. The maximum Gasteiger partial charge on any atom is 0.277 e. The molecular formula is C17H21N3O5S. The Hall–Kier alpha value is -2.39. The monoisotopic (exact) mass is 379 g/mol. The maximum absolute atomic E-state index is 12.2. The Morgan fingerprint density at radius 3 is 2.50 bits per heavy atom. The molecule has 0 aliphatic carbocycles. The number of rotatable bonds is 6. The number of aliphatic hydroxyl groups is 1. The first-order valence-electron chi connectivity index (χ1n) is 8.36. The van der Waals surface area contributed by atoms with E-state index in [1.54, 1.807) is 12.1 Å². The van der Waals surface area contributed by atoms with E-state index < -0.39 is 21.7 Å². The number of carbonyl (C=O) groups is 2. The largest absolute Gasteiger partial charge is 0.395 e. The lowest BCUT2D eigenvalue weighted by Gasteiger charge is -2.22. The summed E-state index contributed by atoms with van der Waals surface area (Å²) in [6, 6.07) is 4.77. The molecule has 1 aromatic rings. The fraction of sp³-hybridized carbons (Fsp3) is 0.412. The molecule has 2 amide bonds. The highest BCUT2D eigenvalue weighted by Gasteiger charge is 2.31. The summed E-state index contributed by atoms with van der Waals surface area (Å²) in [6.07, 6.45) is 4.34. The Bertz CT molecular complexity index is 872. The van der Waals surface area contributed by atoms with E-state index in [1.165, 1.54) is 18.4 Å². The van der Waals surface area contributed by atoms with E-state index in [2.05, 4.69) is 5.32 Å². The van der Waals surface area contributed by atoms with Crippen LogP contribution in [0.2, 0.25) is 0 Å². The topological polar surface area (TPSA) is 107 Å². The molecule has 2 aliphatic heterocycles. The van der Waals surface area contributed by atoms with Gasteiger partial charge in [-0.05, 0) is 31.0 Å². The van der Waals surface area contributed by atoms with Crippen LogP contribution in [0, 0.1) is 0 Å². The molecule has 2 aliphatic rings. The van der Waals surface area contributed by atoms with Gasteiger partial charge in [-0.15, -0.1) is 0 Å². The molecule has 2 heterocycles. The predicted molar refractivity (Wildman–Crippen MR) is 96.5 cm³/mol. The zero-order valence-electron chi connectivity index (χ0n) is 14.4. The molecule has 0 unspecified atom stereocenters. The Kier molecular flexibility index (Phi) is 5.01. The van der Waals surface area contributed by atoms with Crippen molar-refractivity contribution in [3.05, 3.63) is 30.0 Å². The zero-order chi connectivity index (χ0) is 18.9. The van der Waals surface area contributed by atoms with E-state index >= 15 is 0 Å². The van der Waals surface area contributed by atoms with Gasteiger partial charge in [0.2, 0.25) is 0 Å². The van der Waals surface area contributed by atoms with Crippen LogP contribution >= 0.6 is 0 Å². The molecule has 1 fully saturated rings. The second-order valence-electron chi connectivity index (χ2n) is 6.35. The molecule has 0 atom stereocenters. The Balaban J connectivity index is 1.90. The van der Waals surface area contributed by atoms with Gasteiger partial charge in [0.05, 0.1) is 23.7 Å². The van der Waals surface area contributed by atoms with Crippen LogP contribution in [0.5, 0.6) is 0 Å². The minimum atomic E-state index is -3.39. The number of imide groups is 1. The van der Waals surface area contributed by atoms with Gasteiger partial charge in [0.1, 0.15) is 5.70 Å². The third-order valence-corrected chi connectivity index (χ3v) is 5.56. The van der Waals surface area contributed by atoms with Gasteiger partial charge < -0.3 is 15.3 Å². The summed E-state index contributed by atoms with van der Waals surface area (Å²) in [5.74, 6) is -1.00. The lowest BCUT2D eigenvalue weighted by atomic mass is 10.2. The first-order chi connectivity index (χ1) is 12.3. The van der Waals surface area contributed by atoms with Gasteiger partial charge >= 0.3 is 0 Å². The van der Waals surface area contributed by atoms with Crippen LogP contribution in [0.1, 0.15) is 12.8 Å². The van der Waals surface area contributed by atoms with Gasteiger partial charge in [0, 0.05) is 31.1 Å². The lowest BCUT2D eigenvalue weighted by molar-refractivity contribution is -0.137. The number of nitrogens with one attached hydrogen (secondary N) is 1. The molecule has 140 valence electrons. The number of sulfone groups is 1. The minimum Gasteiger partial charge on any atom is -0.395 e. The van der Waals surface area contributed by atoms with E-state index in [0.717, 1.165) is 30.8 Å². The van der Waals surface area contributed by atoms with Crippen LogP contribution in [-0.4, -0.2) is 62.7 Å². The molecule has 0 aromatic heterocycles. The van der Waals surface area contributed by atoms with E-state index in [-0.39, 0.29) is 23.7 Å². The van der Waals surface area contributed by atoms with Crippen molar-refractivity contribution < 1.29 is 23.1 Å².